The summed E-state index contributed by atoms with van der Waals surface area (Å²) in [6, 6.07) is 7.23. The Balaban J connectivity index is 1.38. The Hall–Kier alpha value is -3.71. The van der Waals surface area contributed by atoms with E-state index in [9.17, 15) is 66.1 Å². The van der Waals surface area contributed by atoms with Gasteiger partial charge in [-0.1, -0.05) is 0 Å². The maximum atomic E-state index is 14.1. The zero-order valence-electron chi connectivity index (χ0n) is 26.8. The van der Waals surface area contributed by atoms with Crippen LogP contribution in [0.4, 0.5) is 0 Å². The fraction of sp³-hybridized carbons (Fsp3) is 0.531. The topological polar surface area (TPSA) is 328 Å². The predicted octanol–water partition coefficient (Wildman–Crippen LogP) is -4.31. The quantitative estimate of drug-likeness (QED) is 0.0986. The highest BCUT2D eigenvalue weighted by molar-refractivity contribution is 5.88. The van der Waals surface area contributed by atoms with E-state index in [2.05, 4.69) is 0 Å². The van der Waals surface area contributed by atoms with Crippen LogP contribution in [0.25, 0.3) is 22.3 Å². The Bertz CT molecular complexity index is 1750. The van der Waals surface area contributed by atoms with Crippen molar-refractivity contribution in [3.05, 3.63) is 46.6 Å². The van der Waals surface area contributed by atoms with Gasteiger partial charge in [-0.2, -0.15) is 0 Å². The molecule has 0 amide bonds. The average molecular weight is 743 g/mol. The van der Waals surface area contributed by atoms with Crippen molar-refractivity contribution in [1.29, 1.82) is 0 Å². The maximum Gasteiger partial charge on any atom is 0.239 e. The van der Waals surface area contributed by atoms with Gasteiger partial charge in [-0.15, -0.1) is 0 Å². The summed E-state index contributed by atoms with van der Waals surface area (Å²) in [4.78, 5) is 14.1. The fourth-order valence-corrected chi connectivity index (χ4v) is 6.00. The minimum Gasteiger partial charge on any atom is -0.508 e. The summed E-state index contributed by atoms with van der Waals surface area (Å²) >= 11 is 0. The van der Waals surface area contributed by atoms with Crippen LogP contribution in [0.5, 0.6) is 23.0 Å². The van der Waals surface area contributed by atoms with Crippen LogP contribution in [0.2, 0.25) is 0 Å². The van der Waals surface area contributed by atoms with Crippen LogP contribution >= 0.6 is 0 Å². The van der Waals surface area contributed by atoms with E-state index in [0.29, 0.717) is 0 Å². The van der Waals surface area contributed by atoms with E-state index in [0.717, 1.165) is 12.1 Å². The Labute approximate surface area is 292 Å². The highest BCUT2D eigenvalue weighted by atomic mass is 16.8. The zero-order valence-corrected chi connectivity index (χ0v) is 26.8. The Morgan fingerprint density at radius 2 is 1.29 bits per heavy atom. The molecule has 6 rings (SSSR count). The number of aliphatic hydroxyl groups excluding tert-OH is 10. The summed E-state index contributed by atoms with van der Waals surface area (Å²) in [5, 5.41) is 122. The van der Waals surface area contributed by atoms with Crippen molar-refractivity contribution in [2.45, 2.75) is 86.0 Å². The molecule has 3 aliphatic rings. The fourth-order valence-electron chi connectivity index (χ4n) is 6.00. The van der Waals surface area contributed by atoms with Gasteiger partial charge < -0.3 is 94.1 Å². The van der Waals surface area contributed by atoms with E-state index in [-0.39, 0.29) is 28.4 Å². The van der Waals surface area contributed by atoms with Gasteiger partial charge in [-0.3, -0.25) is 4.79 Å². The molecule has 4 heterocycles. The van der Waals surface area contributed by atoms with Crippen molar-refractivity contribution in [1.82, 2.24) is 0 Å². The van der Waals surface area contributed by atoms with Crippen molar-refractivity contribution >= 4 is 11.0 Å². The minimum atomic E-state index is -1.93. The Morgan fingerprint density at radius 3 is 1.90 bits per heavy atom. The van der Waals surface area contributed by atoms with Crippen LogP contribution in [0.3, 0.4) is 0 Å². The molecule has 0 bridgehead atoms. The third-order valence-corrected chi connectivity index (χ3v) is 8.94. The normalized spacial score (nSPS) is 36.8. The number of hydrogen-bond acceptors (Lipinski definition) is 20. The SMILES string of the molecule is O=c1c(O[C@@H]2OC[C@H](O)[C@H](O)[C@H]2O[C@@H]2O[C@H](CO)[C@@H](O)[C@H](O)[C@H]2O)c(-c2ccc(O)cc2)oc2cc(O[C@@H]3O[C@H](CO)[C@@H](O)[C@H](O)[C@H]3O)cc(O)c12. The molecular weight excluding hydrogens is 704 g/mol. The molecule has 3 saturated heterocycles. The van der Waals surface area contributed by atoms with Crippen LogP contribution in [0.1, 0.15) is 0 Å². The predicted molar refractivity (Wildman–Crippen MR) is 167 cm³/mol. The first-order valence-corrected chi connectivity index (χ1v) is 15.9. The van der Waals surface area contributed by atoms with Crippen LogP contribution < -0.4 is 14.9 Å². The van der Waals surface area contributed by atoms with Crippen LogP contribution in [0, 0.1) is 0 Å². The molecule has 2 aromatic carbocycles. The number of rotatable bonds is 9. The minimum absolute atomic E-state index is 0.120. The van der Waals surface area contributed by atoms with E-state index >= 15 is 0 Å². The molecule has 0 radical (unpaired) electrons. The molecule has 12 N–H and O–H groups in total. The molecule has 3 aliphatic heterocycles. The maximum absolute atomic E-state index is 14.1. The van der Waals surface area contributed by atoms with Crippen molar-refractivity contribution in [3.63, 3.8) is 0 Å². The van der Waals surface area contributed by atoms with Crippen molar-refractivity contribution < 1.29 is 94.1 Å². The molecule has 0 spiro atoms. The summed E-state index contributed by atoms with van der Waals surface area (Å²) in [7, 11) is 0. The van der Waals surface area contributed by atoms with Gasteiger partial charge in [-0.05, 0) is 24.3 Å². The lowest BCUT2D eigenvalue weighted by atomic mass is 9.99. The van der Waals surface area contributed by atoms with Gasteiger partial charge in [0.2, 0.25) is 23.8 Å². The van der Waals surface area contributed by atoms with Gasteiger partial charge in [0.05, 0.1) is 19.8 Å². The molecule has 0 aliphatic carbocycles. The summed E-state index contributed by atoms with van der Waals surface area (Å²) < 4.78 is 39.5. The van der Waals surface area contributed by atoms with Gasteiger partial charge in [0, 0.05) is 17.7 Å². The van der Waals surface area contributed by atoms with Gasteiger partial charge in [0.1, 0.15) is 89.3 Å². The molecule has 0 unspecified atom stereocenters. The summed E-state index contributed by atoms with van der Waals surface area (Å²) in [6.45, 7) is -2.10. The molecular formula is C32H38O20. The average Bonchev–Trinajstić information content (AvgIpc) is 3.12. The number of ether oxygens (including phenoxy) is 6. The molecule has 52 heavy (non-hydrogen) atoms. The lowest BCUT2D eigenvalue weighted by Crippen LogP contribution is -2.63. The van der Waals surface area contributed by atoms with E-state index in [1.165, 1.54) is 24.3 Å². The summed E-state index contributed by atoms with van der Waals surface area (Å²) in [5.74, 6) is -2.15. The second-order valence-electron chi connectivity index (χ2n) is 12.4. The van der Waals surface area contributed by atoms with E-state index < -0.39 is 128 Å². The molecule has 14 atom stereocenters. The summed E-state index contributed by atoms with van der Waals surface area (Å²) in [5.41, 5.74) is -1.24. The third-order valence-electron chi connectivity index (χ3n) is 8.94. The second-order valence-corrected chi connectivity index (χ2v) is 12.4. The first-order valence-electron chi connectivity index (χ1n) is 15.9. The molecule has 1 aromatic heterocycles. The number of fused-ring (bicyclic) bond motifs is 1. The van der Waals surface area contributed by atoms with Crippen LogP contribution in [0.15, 0.2) is 45.6 Å². The van der Waals surface area contributed by atoms with E-state index in [1.54, 1.807) is 0 Å². The summed E-state index contributed by atoms with van der Waals surface area (Å²) in [6.07, 6.45) is -24.0. The second kappa shape index (κ2) is 15.3. The van der Waals surface area contributed by atoms with E-state index in [4.69, 9.17) is 32.8 Å². The first-order chi connectivity index (χ1) is 24.7. The molecule has 3 fully saturated rings. The van der Waals surface area contributed by atoms with Crippen molar-refractivity contribution in [2.24, 2.45) is 0 Å². The van der Waals surface area contributed by atoms with Gasteiger partial charge in [-0.25, -0.2) is 0 Å². The molecule has 286 valence electrons. The standard InChI is InChI=1S/C32H38O20/c33-7-16-20(39)23(42)25(44)30(49-16)47-12-5-13(36)18-15(6-12)48-27(10-1-3-11(35)4-2-10)28(22(18)41)51-32-29(19(38)14(37)9-46-32)52-31-26(45)24(43)21(40)17(8-34)50-31/h1-6,14,16-17,19-21,23-26,29-40,42-45H,7-9H2/t14-,16+,17+,19-,20+,21+,23-,24-,25+,26+,29+,30+,31-,32-/m0/s1. The number of phenolic OH excluding ortho intramolecular Hbond substituents is 2. The highest BCUT2D eigenvalue weighted by Crippen LogP contribution is 2.39. The van der Waals surface area contributed by atoms with Crippen molar-refractivity contribution in [3.8, 4) is 34.3 Å². The molecule has 0 saturated carbocycles. The largest absolute Gasteiger partial charge is 0.508 e. The lowest BCUT2D eigenvalue weighted by molar-refractivity contribution is -0.348. The number of aliphatic hydroxyl groups is 10. The van der Waals surface area contributed by atoms with Gasteiger partial charge in [0.25, 0.3) is 0 Å². The molecule has 3 aromatic rings. The molecule has 20 heteroatoms. The number of hydrogen-bond donors (Lipinski definition) is 12. The van der Waals surface area contributed by atoms with E-state index in [1.807, 2.05) is 0 Å². The lowest BCUT2D eigenvalue weighted by Gasteiger charge is -2.44. The number of phenols is 2. The zero-order chi connectivity index (χ0) is 37.6. The van der Waals surface area contributed by atoms with Crippen LogP contribution in [-0.2, 0) is 18.9 Å². The monoisotopic (exact) mass is 742 g/mol. The highest BCUT2D eigenvalue weighted by Gasteiger charge is 2.50. The number of aromatic hydroxyl groups is 2. The molecule has 20 nitrogen and oxygen atoms in total. The first kappa shape index (κ1) is 38.0. The Morgan fingerprint density at radius 1 is 0.692 bits per heavy atom. The van der Waals surface area contributed by atoms with Crippen LogP contribution in [-0.4, -0.2) is 167 Å². The van der Waals surface area contributed by atoms with Gasteiger partial charge >= 0.3 is 0 Å². The Kier molecular flexibility index (Phi) is 11.2. The van der Waals surface area contributed by atoms with Crippen molar-refractivity contribution in [2.75, 3.05) is 19.8 Å². The van der Waals surface area contributed by atoms with Gasteiger partial charge in [0.15, 0.2) is 18.2 Å². The number of benzene rings is 2. The third kappa shape index (κ3) is 7.14. The smallest absolute Gasteiger partial charge is 0.239 e.